The summed E-state index contributed by atoms with van der Waals surface area (Å²) in [5.74, 6) is 0.880. The standard InChI is InChI=1S/C20H31N5S/c1-5-21-20(22-12-11-19-24-16(2)17(3)26-19)23-13-14-25(4)15-18-9-7-6-8-10-18/h6-10H,5,11-15H2,1-4H3,(H2,21,22,23). The number of hydrogen-bond donors (Lipinski definition) is 2. The van der Waals surface area contributed by atoms with Gasteiger partial charge in [-0.05, 0) is 33.4 Å². The van der Waals surface area contributed by atoms with Crippen molar-refractivity contribution in [3.8, 4) is 0 Å². The van der Waals surface area contributed by atoms with Crippen LogP contribution >= 0.6 is 11.3 Å². The molecule has 1 heterocycles. The zero-order chi connectivity index (χ0) is 18.8. The quantitative estimate of drug-likeness (QED) is 0.524. The molecule has 6 heteroatoms. The van der Waals surface area contributed by atoms with Gasteiger partial charge in [-0.15, -0.1) is 11.3 Å². The van der Waals surface area contributed by atoms with Crippen LogP contribution in [-0.4, -0.2) is 49.1 Å². The van der Waals surface area contributed by atoms with Gasteiger partial charge in [0.1, 0.15) is 0 Å². The van der Waals surface area contributed by atoms with Crippen molar-refractivity contribution in [3.63, 3.8) is 0 Å². The zero-order valence-corrected chi connectivity index (χ0v) is 17.2. The number of benzene rings is 1. The van der Waals surface area contributed by atoms with Crippen LogP contribution in [0, 0.1) is 13.8 Å². The molecular formula is C20H31N5S. The molecule has 1 aromatic heterocycles. The maximum absolute atomic E-state index is 4.68. The summed E-state index contributed by atoms with van der Waals surface area (Å²) in [4.78, 5) is 12.9. The van der Waals surface area contributed by atoms with E-state index >= 15 is 0 Å². The van der Waals surface area contributed by atoms with Gasteiger partial charge in [-0.1, -0.05) is 30.3 Å². The molecule has 0 aliphatic carbocycles. The van der Waals surface area contributed by atoms with E-state index in [9.17, 15) is 0 Å². The van der Waals surface area contributed by atoms with Crippen molar-refractivity contribution in [1.29, 1.82) is 0 Å². The third kappa shape index (κ3) is 7.14. The fourth-order valence-electron chi connectivity index (χ4n) is 2.58. The van der Waals surface area contributed by atoms with E-state index in [0.29, 0.717) is 0 Å². The molecule has 2 N–H and O–H groups in total. The van der Waals surface area contributed by atoms with Crippen LogP contribution in [-0.2, 0) is 13.0 Å². The lowest BCUT2D eigenvalue weighted by atomic mass is 10.2. The second-order valence-corrected chi connectivity index (χ2v) is 7.70. The molecule has 0 amide bonds. The van der Waals surface area contributed by atoms with E-state index in [1.165, 1.54) is 15.4 Å². The lowest BCUT2D eigenvalue weighted by molar-refractivity contribution is 0.336. The summed E-state index contributed by atoms with van der Waals surface area (Å²) in [6.07, 6.45) is 0.928. The van der Waals surface area contributed by atoms with Crippen molar-refractivity contribution in [2.24, 2.45) is 4.99 Å². The summed E-state index contributed by atoms with van der Waals surface area (Å²) in [5, 5.41) is 7.91. The van der Waals surface area contributed by atoms with Gasteiger partial charge in [-0.2, -0.15) is 0 Å². The van der Waals surface area contributed by atoms with E-state index in [1.807, 2.05) is 0 Å². The first-order chi connectivity index (χ1) is 12.6. The van der Waals surface area contributed by atoms with Gasteiger partial charge in [0.05, 0.1) is 17.2 Å². The Morgan fingerprint density at radius 1 is 1.19 bits per heavy atom. The summed E-state index contributed by atoms with van der Waals surface area (Å²) in [6, 6.07) is 10.5. The largest absolute Gasteiger partial charge is 0.357 e. The van der Waals surface area contributed by atoms with Crippen LogP contribution in [0.4, 0.5) is 0 Å². The second kappa shape index (κ2) is 10.9. The van der Waals surface area contributed by atoms with Crippen LogP contribution in [0.1, 0.15) is 28.1 Å². The second-order valence-electron chi connectivity index (χ2n) is 6.41. The van der Waals surface area contributed by atoms with Crippen LogP contribution in [0.5, 0.6) is 0 Å². The van der Waals surface area contributed by atoms with Gasteiger partial charge >= 0.3 is 0 Å². The maximum atomic E-state index is 4.68. The minimum absolute atomic E-state index is 0.772. The predicted molar refractivity (Wildman–Crippen MR) is 112 cm³/mol. The first kappa shape index (κ1) is 20.4. The maximum Gasteiger partial charge on any atom is 0.191 e. The Hall–Kier alpha value is -1.92. The molecular weight excluding hydrogens is 342 g/mol. The highest BCUT2D eigenvalue weighted by atomic mass is 32.1. The molecule has 26 heavy (non-hydrogen) atoms. The van der Waals surface area contributed by atoms with Crippen molar-refractivity contribution >= 4 is 17.3 Å². The van der Waals surface area contributed by atoms with Gasteiger partial charge in [-0.25, -0.2) is 4.98 Å². The summed E-state index contributed by atoms with van der Waals surface area (Å²) >= 11 is 1.78. The van der Waals surface area contributed by atoms with Crippen molar-refractivity contribution in [2.45, 2.75) is 33.7 Å². The summed E-state index contributed by atoms with van der Waals surface area (Å²) < 4.78 is 0. The zero-order valence-electron chi connectivity index (χ0n) is 16.4. The Bertz CT molecular complexity index is 661. The Balaban J connectivity index is 1.74. The third-order valence-corrected chi connectivity index (χ3v) is 5.23. The molecule has 0 bridgehead atoms. The smallest absolute Gasteiger partial charge is 0.191 e. The van der Waals surface area contributed by atoms with Gasteiger partial charge in [-0.3, -0.25) is 4.99 Å². The average Bonchev–Trinajstić information content (AvgIpc) is 2.93. The lowest BCUT2D eigenvalue weighted by Gasteiger charge is -2.16. The topological polar surface area (TPSA) is 52.6 Å². The van der Waals surface area contributed by atoms with E-state index < -0.39 is 0 Å². The van der Waals surface area contributed by atoms with Gasteiger partial charge < -0.3 is 15.5 Å². The monoisotopic (exact) mass is 373 g/mol. The van der Waals surface area contributed by atoms with E-state index in [1.54, 1.807) is 11.3 Å². The minimum Gasteiger partial charge on any atom is -0.357 e. The molecule has 1 aromatic carbocycles. The predicted octanol–water partition coefficient (Wildman–Crippen LogP) is 2.99. The Morgan fingerprint density at radius 2 is 1.96 bits per heavy atom. The first-order valence-electron chi connectivity index (χ1n) is 9.26. The number of hydrogen-bond acceptors (Lipinski definition) is 4. The van der Waals surface area contributed by atoms with Gasteiger partial charge in [0.25, 0.3) is 0 Å². The fraction of sp³-hybridized carbons (Fsp3) is 0.500. The number of aliphatic imine (C=N–C) groups is 1. The number of guanidine groups is 1. The molecule has 0 fully saturated rings. The third-order valence-electron chi connectivity index (χ3n) is 4.10. The van der Waals surface area contributed by atoms with Crippen molar-refractivity contribution in [2.75, 3.05) is 33.2 Å². The Kier molecular flexibility index (Phi) is 8.58. The summed E-state index contributed by atoms with van der Waals surface area (Å²) in [7, 11) is 2.13. The SMILES string of the molecule is CCNC(=NCCN(C)Cc1ccccc1)NCCc1nc(C)c(C)s1. The molecule has 0 saturated carbocycles. The summed E-state index contributed by atoms with van der Waals surface area (Å²) in [6.45, 7) is 10.6. The molecule has 2 rings (SSSR count). The highest BCUT2D eigenvalue weighted by molar-refractivity contribution is 7.11. The first-order valence-corrected chi connectivity index (χ1v) is 10.1. The van der Waals surface area contributed by atoms with Crippen LogP contribution in [0.3, 0.4) is 0 Å². The van der Waals surface area contributed by atoms with Crippen molar-refractivity contribution in [1.82, 2.24) is 20.5 Å². The van der Waals surface area contributed by atoms with Gasteiger partial charge in [0, 0.05) is 37.5 Å². The number of rotatable bonds is 9. The molecule has 5 nitrogen and oxygen atoms in total. The Labute approximate surface area is 161 Å². The fourth-order valence-corrected chi connectivity index (χ4v) is 3.52. The van der Waals surface area contributed by atoms with E-state index in [0.717, 1.165) is 50.8 Å². The van der Waals surface area contributed by atoms with Crippen LogP contribution in [0.15, 0.2) is 35.3 Å². The number of aromatic nitrogens is 1. The number of likely N-dealkylation sites (N-methyl/N-ethyl adjacent to an activating group) is 1. The average molecular weight is 374 g/mol. The van der Waals surface area contributed by atoms with E-state index in [2.05, 4.69) is 83.7 Å². The highest BCUT2D eigenvalue weighted by Gasteiger charge is 2.04. The number of nitrogens with one attached hydrogen (secondary N) is 2. The molecule has 0 aliphatic heterocycles. The molecule has 0 spiro atoms. The van der Waals surface area contributed by atoms with Crippen LogP contribution < -0.4 is 10.6 Å². The van der Waals surface area contributed by atoms with Gasteiger partial charge in [0.2, 0.25) is 0 Å². The highest BCUT2D eigenvalue weighted by Crippen LogP contribution is 2.16. The Morgan fingerprint density at radius 3 is 2.62 bits per heavy atom. The van der Waals surface area contributed by atoms with Crippen molar-refractivity contribution in [3.05, 3.63) is 51.5 Å². The molecule has 0 radical (unpaired) electrons. The number of thiazole rings is 1. The minimum atomic E-state index is 0.772. The molecule has 2 aromatic rings. The van der Waals surface area contributed by atoms with Crippen LogP contribution in [0.2, 0.25) is 0 Å². The van der Waals surface area contributed by atoms with E-state index in [4.69, 9.17) is 0 Å². The lowest BCUT2D eigenvalue weighted by Crippen LogP contribution is -2.38. The van der Waals surface area contributed by atoms with E-state index in [-0.39, 0.29) is 0 Å². The molecule has 142 valence electrons. The van der Waals surface area contributed by atoms with Crippen molar-refractivity contribution < 1.29 is 0 Å². The summed E-state index contributed by atoms with van der Waals surface area (Å²) in [5.41, 5.74) is 2.48. The number of aryl methyl sites for hydroxylation is 2. The molecule has 0 saturated heterocycles. The van der Waals surface area contributed by atoms with Gasteiger partial charge in [0.15, 0.2) is 5.96 Å². The number of nitrogens with zero attached hydrogens (tertiary/aromatic N) is 3. The molecule has 0 atom stereocenters. The molecule has 0 unspecified atom stereocenters. The van der Waals surface area contributed by atoms with Crippen LogP contribution in [0.25, 0.3) is 0 Å². The normalized spacial score (nSPS) is 11.8. The molecule has 0 aliphatic rings.